The number of aromatic hydroxyl groups is 2. The van der Waals surface area contributed by atoms with Crippen molar-refractivity contribution >= 4 is 0 Å². The van der Waals surface area contributed by atoms with E-state index in [2.05, 4.69) is 5.32 Å². The van der Waals surface area contributed by atoms with Crippen LogP contribution < -0.4 is 5.32 Å². The summed E-state index contributed by atoms with van der Waals surface area (Å²) in [6, 6.07) is 5.02. The van der Waals surface area contributed by atoms with Crippen LogP contribution in [0.15, 0.2) is 18.2 Å². The first-order valence-electron chi connectivity index (χ1n) is 4.65. The minimum Gasteiger partial charge on any atom is -0.504 e. The number of phenolic OH excluding ortho intramolecular Hbond substituents is 2. The molecule has 3 heteroatoms. The average Bonchev–Trinajstić information content (AvgIpc) is 2.13. The highest BCUT2D eigenvalue weighted by Crippen LogP contribution is 2.30. The Morgan fingerprint density at radius 1 is 1.29 bits per heavy atom. The zero-order valence-electron chi connectivity index (χ0n) is 8.83. The molecule has 3 N–H and O–H groups in total. The predicted molar refractivity (Wildman–Crippen MR) is 56.6 cm³/mol. The molecular formula is C11H17NO2. The van der Waals surface area contributed by atoms with Crippen LogP contribution in [-0.2, 0) is 6.42 Å². The largest absolute Gasteiger partial charge is 0.504 e. The van der Waals surface area contributed by atoms with Crippen molar-refractivity contribution in [3.8, 4) is 11.5 Å². The van der Waals surface area contributed by atoms with Crippen LogP contribution >= 0.6 is 0 Å². The van der Waals surface area contributed by atoms with Crippen molar-refractivity contribution in [1.82, 2.24) is 5.32 Å². The van der Waals surface area contributed by atoms with Gasteiger partial charge in [0.15, 0.2) is 11.5 Å². The van der Waals surface area contributed by atoms with E-state index in [1.807, 2.05) is 27.0 Å². The van der Waals surface area contributed by atoms with E-state index in [4.69, 9.17) is 0 Å². The van der Waals surface area contributed by atoms with Gasteiger partial charge < -0.3 is 15.5 Å². The molecule has 0 aromatic heterocycles. The number of hydrogen-bond acceptors (Lipinski definition) is 3. The molecule has 14 heavy (non-hydrogen) atoms. The molecule has 78 valence electrons. The molecule has 0 spiro atoms. The second-order valence-corrected chi connectivity index (χ2v) is 4.10. The van der Waals surface area contributed by atoms with Gasteiger partial charge in [-0.3, -0.25) is 0 Å². The molecule has 3 nitrogen and oxygen atoms in total. The van der Waals surface area contributed by atoms with Gasteiger partial charge in [-0.2, -0.15) is 0 Å². The van der Waals surface area contributed by atoms with Crippen LogP contribution in [0.4, 0.5) is 0 Å². The molecule has 1 rings (SSSR count). The van der Waals surface area contributed by atoms with E-state index in [0.29, 0.717) is 6.42 Å². The lowest BCUT2D eigenvalue weighted by Gasteiger charge is -2.24. The van der Waals surface area contributed by atoms with Crippen molar-refractivity contribution in [2.24, 2.45) is 0 Å². The molecular weight excluding hydrogens is 178 g/mol. The first-order valence-corrected chi connectivity index (χ1v) is 4.65. The van der Waals surface area contributed by atoms with Crippen LogP contribution in [0.25, 0.3) is 0 Å². The number of rotatable bonds is 3. The van der Waals surface area contributed by atoms with Gasteiger partial charge in [-0.25, -0.2) is 0 Å². The molecule has 0 heterocycles. The van der Waals surface area contributed by atoms with Crippen LogP contribution in [-0.4, -0.2) is 22.8 Å². The van der Waals surface area contributed by atoms with Gasteiger partial charge in [-0.1, -0.05) is 12.1 Å². The highest BCUT2D eigenvalue weighted by atomic mass is 16.3. The van der Waals surface area contributed by atoms with Gasteiger partial charge in [0, 0.05) is 5.54 Å². The third kappa shape index (κ3) is 2.39. The van der Waals surface area contributed by atoms with Crippen LogP contribution in [0.5, 0.6) is 11.5 Å². The SMILES string of the molecule is CNC(C)(C)Cc1cccc(O)c1O. The molecule has 0 aliphatic heterocycles. The fraction of sp³-hybridized carbons (Fsp3) is 0.455. The van der Waals surface area contributed by atoms with Crippen LogP contribution in [0.2, 0.25) is 0 Å². The number of phenols is 2. The third-order valence-corrected chi connectivity index (χ3v) is 2.41. The minimum absolute atomic E-state index is 0.0178. The van der Waals surface area contributed by atoms with Gasteiger partial charge in [-0.15, -0.1) is 0 Å². The summed E-state index contributed by atoms with van der Waals surface area (Å²) in [5, 5.41) is 22.0. The molecule has 0 amide bonds. The van der Waals surface area contributed by atoms with Crippen LogP contribution in [0.1, 0.15) is 19.4 Å². The number of benzene rings is 1. The number of nitrogens with one attached hydrogen (secondary N) is 1. The van der Waals surface area contributed by atoms with Gasteiger partial charge in [0.1, 0.15) is 0 Å². The Kier molecular flexibility index (Phi) is 3.01. The maximum absolute atomic E-state index is 9.58. The summed E-state index contributed by atoms with van der Waals surface area (Å²) in [5.74, 6) is -0.0785. The Bertz CT molecular complexity index is 321. The number of likely N-dealkylation sites (N-methyl/N-ethyl adjacent to an activating group) is 1. The van der Waals surface area contributed by atoms with Crippen molar-refractivity contribution in [2.75, 3.05) is 7.05 Å². The summed E-state index contributed by atoms with van der Waals surface area (Å²) in [6.07, 6.45) is 0.670. The van der Waals surface area contributed by atoms with Crippen molar-refractivity contribution in [1.29, 1.82) is 0 Å². The van der Waals surface area contributed by atoms with Crippen molar-refractivity contribution < 1.29 is 10.2 Å². The zero-order chi connectivity index (χ0) is 10.8. The molecule has 0 aliphatic rings. The molecule has 0 unspecified atom stereocenters. The van der Waals surface area contributed by atoms with E-state index in [9.17, 15) is 10.2 Å². The van der Waals surface area contributed by atoms with Gasteiger partial charge in [0.2, 0.25) is 0 Å². The summed E-state index contributed by atoms with van der Waals surface area (Å²) in [7, 11) is 1.87. The van der Waals surface area contributed by atoms with Gasteiger partial charge in [-0.05, 0) is 38.9 Å². The highest BCUT2D eigenvalue weighted by molar-refractivity contribution is 5.44. The van der Waals surface area contributed by atoms with Gasteiger partial charge in [0.25, 0.3) is 0 Å². The first-order chi connectivity index (χ1) is 6.46. The molecule has 0 atom stereocenters. The second kappa shape index (κ2) is 3.88. The van der Waals surface area contributed by atoms with E-state index >= 15 is 0 Å². The highest BCUT2D eigenvalue weighted by Gasteiger charge is 2.18. The second-order valence-electron chi connectivity index (χ2n) is 4.10. The molecule has 0 fully saturated rings. The Morgan fingerprint density at radius 2 is 1.93 bits per heavy atom. The van der Waals surface area contributed by atoms with Gasteiger partial charge in [0.05, 0.1) is 0 Å². The first kappa shape index (κ1) is 10.9. The predicted octanol–water partition coefficient (Wildman–Crippen LogP) is 1.64. The lowest BCUT2D eigenvalue weighted by molar-refractivity contribution is 0.381. The molecule has 0 aliphatic carbocycles. The summed E-state index contributed by atoms with van der Waals surface area (Å²) in [6.45, 7) is 4.08. The summed E-state index contributed by atoms with van der Waals surface area (Å²) < 4.78 is 0. The quantitative estimate of drug-likeness (QED) is 0.643. The molecule has 0 radical (unpaired) electrons. The monoisotopic (exact) mass is 195 g/mol. The lowest BCUT2D eigenvalue weighted by atomic mass is 9.94. The van der Waals surface area contributed by atoms with Gasteiger partial charge >= 0.3 is 0 Å². The van der Waals surface area contributed by atoms with E-state index in [-0.39, 0.29) is 17.0 Å². The number of hydrogen-bond donors (Lipinski definition) is 3. The van der Waals surface area contributed by atoms with Crippen molar-refractivity contribution in [3.63, 3.8) is 0 Å². The molecule has 0 bridgehead atoms. The maximum atomic E-state index is 9.58. The minimum atomic E-state index is -0.0920. The Morgan fingerprint density at radius 3 is 2.50 bits per heavy atom. The van der Waals surface area contributed by atoms with Crippen molar-refractivity contribution in [2.45, 2.75) is 25.8 Å². The van der Waals surface area contributed by atoms with E-state index in [0.717, 1.165) is 5.56 Å². The number of para-hydroxylation sites is 1. The summed E-state index contributed by atoms with van der Waals surface area (Å²) in [4.78, 5) is 0. The molecule has 1 aromatic carbocycles. The molecule has 0 saturated carbocycles. The smallest absolute Gasteiger partial charge is 0.160 e. The van der Waals surface area contributed by atoms with E-state index < -0.39 is 0 Å². The lowest BCUT2D eigenvalue weighted by Crippen LogP contribution is -2.38. The molecule has 0 saturated heterocycles. The Labute approximate surface area is 84.4 Å². The Hall–Kier alpha value is -1.22. The topological polar surface area (TPSA) is 52.5 Å². The maximum Gasteiger partial charge on any atom is 0.160 e. The Balaban J connectivity index is 2.92. The standard InChI is InChI=1S/C11H17NO2/c1-11(2,12-3)7-8-5-4-6-9(13)10(8)14/h4-6,12-14H,7H2,1-3H3. The average molecular weight is 195 g/mol. The molecule has 1 aromatic rings. The van der Waals surface area contributed by atoms with E-state index in [1.54, 1.807) is 6.07 Å². The summed E-state index contributed by atoms with van der Waals surface area (Å²) >= 11 is 0. The normalized spacial score (nSPS) is 11.6. The fourth-order valence-corrected chi connectivity index (χ4v) is 1.28. The van der Waals surface area contributed by atoms with Crippen LogP contribution in [0.3, 0.4) is 0 Å². The summed E-state index contributed by atoms with van der Waals surface area (Å²) in [5.41, 5.74) is 0.662. The van der Waals surface area contributed by atoms with Crippen LogP contribution in [0, 0.1) is 0 Å². The third-order valence-electron chi connectivity index (χ3n) is 2.41. The zero-order valence-corrected chi connectivity index (χ0v) is 8.83. The fourth-order valence-electron chi connectivity index (χ4n) is 1.28. The van der Waals surface area contributed by atoms with E-state index in [1.165, 1.54) is 6.07 Å². The van der Waals surface area contributed by atoms with Crippen molar-refractivity contribution in [3.05, 3.63) is 23.8 Å².